The Morgan fingerprint density at radius 3 is 2.60 bits per heavy atom. The van der Waals surface area contributed by atoms with Crippen molar-refractivity contribution in [3.8, 4) is 5.88 Å². The summed E-state index contributed by atoms with van der Waals surface area (Å²) in [6.07, 6.45) is -2.00. The number of carbonyl (C=O) groups excluding carboxylic acids is 1. The molecule has 1 atom stereocenters. The number of aromatic nitrogens is 1. The van der Waals surface area contributed by atoms with Crippen molar-refractivity contribution in [2.45, 2.75) is 18.6 Å². The standard InChI is InChI=1S/C27H33F3N8O2/c1-6-24(39)34-18-8-7-9-19(14-18)35-25(31-2)21(27(28,29)30)15-32-17-33-22-10-11-23(36-26(22)40-5)38(4)20-12-13-37(3)16-20/h6-11,14-15,20,33,35H,1-2,12-13,16-17H2,3-5H3,(H,34,39)/b25-21-,32-15-. The summed E-state index contributed by atoms with van der Waals surface area (Å²) in [5.41, 5.74) is -0.0346. The number of allylic oxidation sites excluding steroid dienone is 1. The number of nitrogens with zero attached hydrogens (tertiary/aromatic N) is 5. The minimum atomic E-state index is -4.78. The minimum Gasteiger partial charge on any atom is -0.479 e. The number of rotatable bonds is 12. The number of carbonyl (C=O) groups is 1. The van der Waals surface area contributed by atoms with Crippen LogP contribution in [0.25, 0.3) is 0 Å². The second kappa shape index (κ2) is 13.6. The lowest BCUT2D eigenvalue weighted by Gasteiger charge is -2.26. The van der Waals surface area contributed by atoms with Gasteiger partial charge in [0.1, 0.15) is 23.9 Å². The number of anilines is 4. The number of nitrogens with one attached hydrogen (secondary N) is 3. The topological polar surface area (TPSA) is 106 Å². The highest BCUT2D eigenvalue weighted by molar-refractivity contribution is 5.99. The highest BCUT2D eigenvalue weighted by Crippen LogP contribution is 2.30. The molecule has 2 aromatic rings. The molecule has 1 unspecified atom stereocenters. The van der Waals surface area contributed by atoms with Crippen molar-refractivity contribution in [1.82, 2.24) is 9.88 Å². The van der Waals surface area contributed by atoms with Gasteiger partial charge in [0.15, 0.2) is 0 Å². The minimum absolute atomic E-state index is 0.187. The summed E-state index contributed by atoms with van der Waals surface area (Å²) in [6, 6.07) is 10.0. The molecule has 40 heavy (non-hydrogen) atoms. The molecule has 1 aromatic heterocycles. The van der Waals surface area contributed by atoms with Gasteiger partial charge < -0.3 is 30.5 Å². The summed E-state index contributed by atoms with van der Waals surface area (Å²) in [7, 11) is 5.52. The zero-order valence-electron chi connectivity index (χ0n) is 22.6. The van der Waals surface area contributed by atoms with Crippen molar-refractivity contribution in [1.29, 1.82) is 0 Å². The van der Waals surface area contributed by atoms with Crippen LogP contribution in [0.1, 0.15) is 6.42 Å². The van der Waals surface area contributed by atoms with Crippen LogP contribution in [-0.2, 0) is 4.79 Å². The van der Waals surface area contributed by atoms with Gasteiger partial charge in [-0.3, -0.25) is 9.79 Å². The first-order chi connectivity index (χ1) is 19.0. The van der Waals surface area contributed by atoms with Crippen LogP contribution in [0.3, 0.4) is 0 Å². The maximum atomic E-state index is 13.9. The third-order valence-corrected chi connectivity index (χ3v) is 6.19. The molecule has 1 amide bonds. The van der Waals surface area contributed by atoms with Crippen LogP contribution in [0.15, 0.2) is 70.4 Å². The van der Waals surface area contributed by atoms with Crippen LogP contribution in [0.2, 0.25) is 0 Å². The van der Waals surface area contributed by atoms with E-state index in [-0.39, 0.29) is 12.4 Å². The molecule has 1 aliphatic heterocycles. The van der Waals surface area contributed by atoms with E-state index in [9.17, 15) is 18.0 Å². The van der Waals surface area contributed by atoms with Crippen molar-refractivity contribution < 1.29 is 22.7 Å². The number of methoxy groups -OCH3 is 1. The fourth-order valence-electron chi connectivity index (χ4n) is 4.07. The lowest BCUT2D eigenvalue weighted by molar-refractivity contribution is -0.111. The van der Waals surface area contributed by atoms with Gasteiger partial charge in [-0.25, -0.2) is 4.99 Å². The first-order valence-corrected chi connectivity index (χ1v) is 12.3. The van der Waals surface area contributed by atoms with E-state index in [2.05, 4.69) is 61.1 Å². The van der Waals surface area contributed by atoms with Crippen molar-refractivity contribution in [2.75, 3.05) is 61.8 Å². The van der Waals surface area contributed by atoms with E-state index in [1.807, 2.05) is 13.1 Å². The van der Waals surface area contributed by atoms with Crippen LogP contribution < -0.4 is 25.6 Å². The predicted octanol–water partition coefficient (Wildman–Crippen LogP) is 4.38. The lowest BCUT2D eigenvalue weighted by Crippen LogP contribution is -2.34. The Balaban J connectivity index is 1.73. The smallest absolute Gasteiger partial charge is 0.421 e. The highest BCUT2D eigenvalue weighted by atomic mass is 19.4. The van der Waals surface area contributed by atoms with Crippen LogP contribution in [0, 0.1) is 0 Å². The number of halogens is 3. The van der Waals surface area contributed by atoms with Crippen molar-refractivity contribution in [3.05, 3.63) is 60.4 Å². The number of alkyl halides is 3. The second-order valence-corrected chi connectivity index (χ2v) is 9.01. The van der Waals surface area contributed by atoms with E-state index in [0.717, 1.165) is 31.4 Å². The molecule has 13 heteroatoms. The summed E-state index contributed by atoms with van der Waals surface area (Å²) in [5, 5.41) is 8.06. The number of hydrogen-bond acceptors (Lipinski definition) is 9. The number of aliphatic imine (C=N–C) groups is 2. The zero-order chi connectivity index (χ0) is 29.3. The third kappa shape index (κ3) is 8.06. The van der Waals surface area contributed by atoms with E-state index in [1.54, 1.807) is 18.2 Å². The molecule has 0 saturated carbocycles. The van der Waals surface area contributed by atoms with Crippen molar-refractivity contribution in [2.24, 2.45) is 9.98 Å². The molecule has 214 valence electrons. The average molecular weight is 559 g/mol. The van der Waals surface area contributed by atoms with E-state index in [4.69, 9.17) is 4.74 Å². The average Bonchev–Trinajstić information content (AvgIpc) is 3.37. The number of likely N-dealkylation sites (N-methyl/N-ethyl adjacent to an activating group) is 2. The molecule has 10 nitrogen and oxygen atoms in total. The molecular formula is C27H33F3N8O2. The van der Waals surface area contributed by atoms with Crippen LogP contribution >= 0.6 is 0 Å². The number of amides is 1. The summed E-state index contributed by atoms with van der Waals surface area (Å²) in [5.74, 6) is 0.0265. The van der Waals surface area contributed by atoms with Crippen molar-refractivity contribution >= 4 is 41.7 Å². The van der Waals surface area contributed by atoms with Gasteiger partial charge in [0, 0.05) is 37.2 Å². The molecule has 1 fully saturated rings. The monoisotopic (exact) mass is 558 g/mol. The van der Waals surface area contributed by atoms with Crippen molar-refractivity contribution in [3.63, 3.8) is 0 Å². The molecule has 0 spiro atoms. The summed E-state index contributed by atoms with van der Waals surface area (Å²) in [6.45, 7) is 8.39. The van der Waals surface area contributed by atoms with E-state index >= 15 is 0 Å². The van der Waals surface area contributed by atoms with Gasteiger partial charge in [0.05, 0.1) is 12.8 Å². The third-order valence-electron chi connectivity index (χ3n) is 6.19. The first kappa shape index (κ1) is 30.2. The summed E-state index contributed by atoms with van der Waals surface area (Å²) in [4.78, 5) is 27.9. The highest BCUT2D eigenvalue weighted by Gasteiger charge is 2.36. The Hall–Kier alpha value is -4.39. The molecule has 3 rings (SSSR count). The molecule has 1 aliphatic rings. The maximum absolute atomic E-state index is 13.9. The maximum Gasteiger partial charge on any atom is 0.421 e. The van der Waals surface area contributed by atoms with E-state index in [1.165, 1.54) is 19.2 Å². The van der Waals surface area contributed by atoms with Crippen LogP contribution in [0.4, 0.5) is 36.1 Å². The molecule has 0 radical (unpaired) electrons. The number of benzene rings is 1. The van der Waals surface area contributed by atoms with Gasteiger partial charge in [0.25, 0.3) is 0 Å². The Bertz CT molecular complexity index is 1280. The first-order valence-electron chi connectivity index (χ1n) is 12.3. The molecule has 0 aliphatic carbocycles. The van der Waals surface area contributed by atoms with Gasteiger partial charge in [-0.1, -0.05) is 12.6 Å². The zero-order valence-corrected chi connectivity index (χ0v) is 22.6. The fraction of sp³-hybridized carbons (Fsp3) is 0.333. The Labute approximate surface area is 231 Å². The second-order valence-electron chi connectivity index (χ2n) is 9.01. The molecular weight excluding hydrogens is 525 g/mol. The summed E-state index contributed by atoms with van der Waals surface area (Å²) >= 11 is 0. The summed E-state index contributed by atoms with van der Waals surface area (Å²) < 4.78 is 47.1. The normalized spacial score (nSPS) is 16.3. The number of likely N-dealkylation sites (tertiary alicyclic amines) is 1. The SMILES string of the molecule is C=CC(=O)Nc1cccc(N/C(N=C)=C(/C=N\CNc2ccc(N(C)C3CCN(C)C3)nc2OC)C(F)(F)F)c1. The number of hydrogen-bond donors (Lipinski definition) is 3. The van der Waals surface area contributed by atoms with E-state index in [0.29, 0.717) is 29.5 Å². The largest absolute Gasteiger partial charge is 0.479 e. The number of ether oxygens (including phenoxy) is 1. The molecule has 3 N–H and O–H groups in total. The molecule has 1 aromatic carbocycles. The Morgan fingerprint density at radius 2 is 2.00 bits per heavy atom. The van der Waals surface area contributed by atoms with E-state index < -0.39 is 23.5 Å². The fourth-order valence-corrected chi connectivity index (χ4v) is 4.07. The van der Waals surface area contributed by atoms with Gasteiger partial charge >= 0.3 is 6.18 Å². The predicted molar refractivity (Wildman–Crippen MR) is 154 cm³/mol. The molecule has 0 bridgehead atoms. The van der Waals surface area contributed by atoms with Gasteiger partial charge in [0.2, 0.25) is 11.8 Å². The molecule has 1 saturated heterocycles. The van der Waals surface area contributed by atoms with Crippen LogP contribution in [-0.4, -0.2) is 81.9 Å². The quantitative estimate of drug-likeness (QED) is 0.262. The Kier molecular flexibility index (Phi) is 10.3. The van der Waals surface area contributed by atoms with Gasteiger partial charge in [-0.2, -0.15) is 18.2 Å². The Morgan fingerprint density at radius 1 is 1.27 bits per heavy atom. The molecule has 2 heterocycles. The number of pyridine rings is 1. The van der Waals surface area contributed by atoms with Gasteiger partial charge in [-0.15, -0.1) is 0 Å². The lowest BCUT2D eigenvalue weighted by atomic mass is 10.2. The van der Waals surface area contributed by atoms with Gasteiger partial charge in [-0.05, 0) is 63.1 Å². The van der Waals surface area contributed by atoms with Crippen LogP contribution in [0.5, 0.6) is 5.88 Å².